The first-order valence-electron chi connectivity index (χ1n) is 10.2. The number of carbonyl (C=O) groups is 1. The highest BCUT2D eigenvalue weighted by atomic mass is 32.2. The first-order valence-corrected chi connectivity index (χ1v) is 13.6. The largest absolute Gasteiger partial charge is 0.476 e. The molecule has 0 saturated carbocycles. The average Bonchev–Trinajstić information content (AvgIpc) is 3.25. The lowest BCUT2D eigenvalue weighted by Crippen LogP contribution is -2.49. The smallest absolute Gasteiger partial charge is 0.269 e. The molecule has 11 heteroatoms. The number of thioether (sulfide) groups is 1. The lowest BCUT2D eigenvalue weighted by atomic mass is 9.86. The Bertz CT molecular complexity index is 1270. The predicted octanol–water partition coefficient (Wildman–Crippen LogP) is 4.15. The second-order valence-electron chi connectivity index (χ2n) is 8.45. The molecular weight excluding hydrogens is 480 g/mol. The van der Waals surface area contributed by atoms with Gasteiger partial charge in [0.2, 0.25) is 5.13 Å². The van der Waals surface area contributed by atoms with E-state index in [1.165, 1.54) is 27.4 Å². The van der Waals surface area contributed by atoms with Gasteiger partial charge in [-0.05, 0) is 41.5 Å². The summed E-state index contributed by atoms with van der Waals surface area (Å²) >= 11 is 2.66. The highest BCUT2D eigenvalue weighted by Crippen LogP contribution is 2.40. The van der Waals surface area contributed by atoms with Crippen molar-refractivity contribution < 1.29 is 17.9 Å². The maximum Gasteiger partial charge on any atom is 0.269 e. The van der Waals surface area contributed by atoms with Crippen LogP contribution in [0.25, 0.3) is 0 Å². The fourth-order valence-corrected chi connectivity index (χ4v) is 5.99. The van der Waals surface area contributed by atoms with E-state index >= 15 is 0 Å². The fourth-order valence-electron chi connectivity index (χ4n) is 3.33. The first-order chi connectivity index (χ1) is 15.6. The number of hydrogen-bond donors (Lipinski definition) is 1. The van der Waals surface area contributed by atoms with Crippen LogP contribution in [0.5, 0.6) is 5.75 Å². The molecule has 2 aromatic carbocycles. The Morgan fingerprint density at radius 2 is 1.91 bits per heavy atom. The Labute approximate surface area is 201 Å². The Kier molecular flexibility index (Phi) is 6.39. The van der Waals surface area contributed by atoms with E-state index in [0.717, 1.165) is 5.56 Å². The molecule has 1 aliphatic heterocycles. The van der Waals surface area contributed by atoms with Crippen molar-refractivity contribution in [1.82, 2.24) is 10.2 Å². The van der Waals surface area contributed by atoms with Gasteiger partial charge in [-0.15, -0.1) is 10.2 Å². The standard InChI is InChI=1S/C22H24N4O4S3/c1-22(2,3)14-10-11-17-16(12-14)26(33(28,29)15-8-6-5-7-9-15)13-18(30-17)19(27)23-20-24-25-21(31-4)32-20/h5-12,18H,13H2,1-4H3,(H,23,24,27). The quantitative estimate of drug-likeness (QED) is 0.411. The minimum Gasteiger partial charge on any atom is -0.476 e. The summed E-state index contributed by atoms with van der Waals surface area (Å²) in [6.07, 6.45) is 0.809. The van der Waals surface area contributed by atoms with Crippen molar-refractivity contribution in [2.24, 2.45) is 0 Å². The number of rotatable bonds is 5. The molecule has 8 nitrogen and oxygen atoms in total. The van der Waals surface area contributed by atoms with Crippen LogP contribution >= 0.6 is 23.1 Å². The number of carbonyl (C=O) groups excluding carboxylic acids is 1. The molecule has 1 amide bonds. The minimum absolute atomic E-state index is 0.145. The van der Waals surface area contributed by atoms with Crippen LogP contribution in [0, 0.1) is 0 Å². The van der Waals surface area contributed by atoms with E-state index in [0.29, 0.717) is 20.9 Å². The van der Waals surface area contributed by atoms with E-state index in [9.17, 15) is 13.2 Å². The minimum atomic E-state index is -3.93. The molecule has 1 N–H and O–H groups in total. The fraction of sp³-hybridized carbons (Fsp3) is 0.318. The summed E-state index contributed by atoms with van der Waals surface area (Å²) in [6, 6.07) is 13.6. The van der Waals surface area contributed by atoms with Crippen molar-refractivity contribution in [3.05, 3.63) is 54.1 Å². The Balaban J connectivity index is 1.72. The number of amides is 1. The summed E-state index contributed by atoms with van der Waals surface area (Å²) in [4.78, 5) is 13.1. The van der Waals surface area contributed by atoms with E-state index < -0.39 is 22.0 Å². The zero-order valence-corrected chi connectivity index (χ0v) is 21.1. The molecule has 4 rings (SSSR count). The third kappa shape index (κ3) is 4.85. The van der Waals surface area contributed by atoms with Crippen molar-refractivity contribution in [1.29, 1.82) is 0 Å². The van der Waals surface area contributed by atoms with Gasteiger partial charge >= 0.3 is 0 Å². The molecule has 1 aliphatic rings. The maximum atomic E-state index is 13.6. The van der Waals surface area contributed by atoms with Crippen molar-refractivity contribution in [3.8, 4) is 5.75 Å². The number of anilines is 2. The number of benzene rings is 2. The summed E-state index contributed by atoms with van der Waals surface area (Å²) in [5.41, 5.74) is 1.17. The summed E-state index contributed by atoms with van der Waals surface area (Å²) < 4.78 is 35.1. The van der Waals surface area contributed by atoms with Gasteiger partial charge in [0.15, 0.2) is 10.4 Å². The van der Waals surface area contributed by atoms with Crippen molar-refractivity contribution in [2.75, 3.05) is 22.4 Å². The summed E-state index contributed by atoms with van der Waals surface area (Å²) in [6.45, 7) is 5.98. The maximum absolute atomic E-state index is 13.6. The molecule has 0 radical (unpaired) electrons. The van der Waals surface area contributed by atoms with E-state index in [1.807, 2.05) is 18.4 Å². The number of fused-ring (bicyclic) bond motifs is 1. The van der Waals surface area contributed by atoms with E-state index in [2.05, 4.69) is 36.3 Å². The number of sulfonamides is 1. The van der Waals surface area contributed by atoms with Crippen LogP contribution < -0.4 is 14.4 Å². The molecule has 1 aromatic heterocycles. The van der Waals surface area contributed by atoms with Crippen LogP contribution in [0.2, 0.25) is 0 Å². The molecule has 2 heterocycles. The zero-order valence-electron chi connectivity index (χ0n) is 18.6. The Hall–Kier alpha value is -2.63. The van der Waals surface area contributed by atoms with Gasteiger partial charge in [0.05, 0.1) is 17.1 Å². The van der Waals surface area contributed by atoms with Gasteiger partial charge in [-0.1, -0.05) is 68.1 Å². The van der Waals surface area contributed by atoms with Crippen LogP contribution in [0.3, 0.4) is 0 Å². The van der Waals surface area contributed by atoms with E-state index in [1.54, 1.807) is 36.4 Å². The molecule has 1 unspecified atom stereocenters. The van der Waals surface area contributed by atoms with Crippen LogP contribution in [0.4, 0.5) is 10.8 Å². The van der Waals surface area contributed by atoms with Gasteiger partial charge in [-0.2, -0.15) is 0 Å². The topological polar surface area (TPSA) is 101 Å². The summed E-state index contributed by atoms with van der Waals surface area (Å²) in [7, 11) is -3.93. The van der Waals surface area contributed by atoms with Crippen LogP contribution in [-0.4, -0.2) is 43.4 Å². The SMILES string of the molecule is CSc1nnc(NC(=O)C2CN(S(=O)(=O)c3ccccc3)c3cc(C(C)(C)C)ccc3O2)s1. The molecule has 0 bridgehead atoms. The monoisotopic (exact) mass is 504 g/mol. The summed E-state index contributed by atoms with van der Waals surface area (Å²) in [5, 5.41) is 10.9. The molecular formula is C22H24N4O4S3. The molecule has 1 atom stereocenters. The molecule has 3 aromatic rings. The molecule has 174 valence electrons. The second-order valence-corrected chi connectivity index (χ2v) is 12.3. The van der Waals surface area contributed by atoms with E-state index in [4.69, 9.17) is 4.74 Å². The number of aromatic nitrogens is 2. The number of nitrogens with zero attached hydrogens (tertiary/aromatic N) is 3. The van der Waals surface area contributed by atoms with Gasteiger partial charge in [0, 0.05) is 0 Å². The lowest BCUT2D eigenvalue weighted by molar-refractivity contribution is -0.122. The average molecular weight is 505 g/mol. The van der Waals surface area contributed by atoms with Gasteiger partial charge in [-0.3, -0.25) is 14.4 Å². The molecule has 0 saturated heterocycles. The van der Waals surface area contributed by atoms with Gasteiger partial charge in [0.25, 0.3) is 15.9 Å². The third-order valence-electron chi connectivity index (χ3n) is 5.13. The van der Waals surface area contributed by atoms with Crippen molar-refractivity contribution >= 4 is 49.8 Å². The molecule has 0 spiro atoms. The van der Waals surface area contributed by atoms with Gasteiger partial charge in [0.1, 0.15) is 5.75 Å². The van der Waals surface area contributed by atoms with Crippen LogP contribution in [0.15, 0.2) is 57.8 Å². The van der Waals surface area contributed by atoms with Gasteiger partial charge < -0.3 is 4.74 Å². The highest BCUT2D eigenvalue weighted by molar-refractivity contribution is 8.00. The third-order valence-corrected chi connectivity index (χ3v) is 8.74. The van der Waals surface area contributed by atoms with E-state index in [-0.39, 0.29) is 16.9 Å². The van der Waals surface area contributed by atoms with Crippen molar-refractivity contribution in [2.45, 2.75) is 41.5 Å². The first kappa shape index (κ1) is 23.5. The number of hydrogen-bond acceptors (Lipinski definition) is 8. The molecule has 0 fully saturated rings. The van der Waals surface area contributed by atoms with Crippen molar-refractivity contribution in [3.63, 3.8) is 0 Å². The number of nitrogens with one attached hydrogen (secondary N) is 1. The highest BCUT2D eigenvalue weighted by Gasteiger charge is 2.38. The zero-order chi connectivity index (χ0) is 23.8. The van der Waals surface area contributed by atoms with Gasteiger partial charge in [-0.25, -0.2) is 8.42 Å². The summed E-state index contributed by atoms with van der Waals surface area (Å²) in [5.74, 6) is -0.159. The van der Waals surface area contributed by atoms with Crippen LogP contribution in [0.1, 0.15) is 26.3 Å². The molecule has 33 heavy (non-hydrogen) atoms. The Morgan fingerprint density at radius 1 is 1.18 bits per heavy atom. The Morgan fingerprint density at radius 3 is 2.55 bits per heavy atom. The number of ether oxygens (including phenoxy) is 1. The second kappa shape index (κ2) is 8.96. The lowest BCUT2D eigenvalue weighted by Gasteiger charge is -2.35. The predicted molar refractivity (Wildman–Crippen MR) is 131 cm³/mol. The molecule has 0 aliphatic carbocycles. The normalized spacial score (nSPS) is 16.1. The van der Waals surface area contributed by atoms with Crippen LogP contribution in [-0.2, 0) is 20.2 Å².